The summed E-state index contributed by atoms with van der Waals surface area (Å²) in [6.07, 6.45) is 0. The van der Waals surface area contributed by atoms with Gasteiger partial charge in [-0.2, -0.15) is 0 Å². The van der Waals surface area contributed by atoms with Gasteiger partial charge in [-0.3, -0.25) is 4.90 Å². The maximum Gasteiger partial charge on any atom is 0.332 e. The number of methoxy groups -OCH3 is 1. The minimum absolute atomic E-state index is 0.246. The van der Waals surface area contributed by atoms with Gasteiger partial charge in [-0.05, 0) is 12.1 Å². The average molecular weight is 276 g/mol. The van der Waals surface area contributed by atoms with Crippen LogP contribution in [0.2, 0.25) is 0 Å². The highest BCUT2D eigenvalue weighted by Crippen LogP contribution is 2.28. The first-order valence-electron chi connectivity index (χ1n) is 6.63. The number of carboxylic acid groups (broad SMARTS) is 1. The van der Waals surface area contributed by atoms with E-state index in [-0.39, 0.29) is 5.57 Å². The monoisotopic (exact) mass is 276 g/mol. The Morgan fingerprint density at radius 1 is 1.30 bits per heavy atom. The first kappa shape index (κ1) is 14.4. The predicted octanol–water partition coefficient (Wildman–Crippen LogP) is 1.46. The number of rotatable bonds is 5. The fourth-order valence-corrected chi connectivity index (χ4v) is 2.38. The molecule has 0 aromatic heterocycles. The van der Waals surface area contributed by atoms with Gasteiger partial charge in [-0.15, -0.1) is 0 Å². The Hall–Kier alpha value is -2.01. The Labute approximate surface area is 119 Å². The van der Waals surface area contributed by atoms with Crippen LogP contribution in [0.15, 0.2) is 36.4 Å². The molecule has 1 N–H and O–H groups in total. The molecular weight excluding hydrogens is 256 g/mol. The van der Waals surface area contributed by atoms with Gasteiger partial charge < -0.3 is 14.7 Å². The van der Waals surface area contributed by atoms with Crippen LogP contribution in [0.3, 0.4) is 0 Å². The summed E-state index contributed by atoms with van der Waals surface area (Å²) in [7, 11) is 1.67. The van der Waals surface area contributed by atoms with E-state index in [1.807, 2.05) is 24.3 Å². The third-order valence-electron chi connectivity index (χ3n) is 3.52. The van der Waals surface area contributed by atoms with Crippen molar-refractivity contribution in [3.63, 3.8) is 0 Å². The van der Waals surface area contributed by atoms with Crippen LogP contribution in [0, 0.1) is 0 Å². The molecule has 1 aromatic carbocycles. The molecule has 0 atom stereocenters. The van der Waals surface area contributed by atoms with Crippen molar-refractivity contribution in [2.24, 2.45) is 0 Å². The number of hydrogen-bond donors (Lipinski definition) is 1. The molecule has 1 aliphatic rings. The highest BCUT2D eigenvalue weighted by atomic mass is 16.5. The van der Waals surface area contributed by atoms with Gasteiger partial charge in [-0.25, -0.2) is 4.79 Å². The van der Waals surface area contributed by atoms with E-state index < -0.39 is 5.97 Å². The number of hydrogen-bond acceptors (Lipinski definition) is 4. The Bertz CT molecular complexity index is 494. The first-order valence-corrected chi connectivity index (χ1v) is 6.63. The second-order valence-electron chi connectivity index (χ2n) is 4.84. The predicted molar refractivity (Wildman–Crippen MR) is 78.4 cm³/mol. The molecule has 20 heavy (non-hydrogen) atoms. The van der Waals surface area contributed by atoms with Crippen LogP contribution < -0.4 is 9.64 Å². The Balaban J connectivity index is 1.94. The number of aliphatic carboxylic acids is 1. The van der Waals surface area contributed by atoms with E-state index in [2.05, 4.69) is 16.4 Å². The zero-order chi connectivity index (χ0) is 14.5. The number of anilines is 1. The molecule has 0 unspecified atom stereocenters. The lowest BCUT2D eigenvalue weighted by Crippen LogP contribution is -2.47. The molecular formula is C15H20N2O3. The highest BCUT2D eigenvalue weighted by Gasteiger charge is 2.20. The quantitative estimate of drug-likeness (QED) is 0.825. The van der Waals surface area contributed by atoms with Crippen molar-refractivity contribution in [2.75, 3.05) is 44.7 Å². The van der Waals surface area contributed by atoms with E-state index in [9.17, 15) is 4.79 Å². The van der Waals surface area contributed by atoms with Crippen molar-refractivity contribution in [1.82, 2.24) is 4.90 Å². The molecule has 1 saturated heterocycles. The molecule has 5 heteroatoms. The van der Waals surface area contributed by atoms with Gasteiger partial charge >= 0.3 is 5.97 Å². The second-order valence-corrected chi connectivity index (χ2v) is 4.84. The van der Waals surface area contributed by atoms with Crippen LogP contribution in [0.5, 0.6) is 5.75 Å². The second kappa shape index (κ2) is 6.43. The molecule has 1 aromatic rings. The lowest BCUT2D eigenvalue weighted by Gasteiger charge is -2.36. The molecule has 0 amide bonds. The van der Waals surface area contributed by atoms with Crippen LogP contribution in [-0.4, -0.2) is 55.8 Å². The van der Waals surface area contributed by atoms with E-state index in [0.29, 0.717) is 6.54 Å². The number of carboxylic acids is 1. The van der Waals surface area contributed by atoms with Crippen LogP contribution >= 0.6 is 0 Å². The summed E-state index contributed by atoms with van der Waals surface area (Å²) in [5.74, 6) is -0.0481. The van der Waals surface area contributed by atoms with Crippen molar-refractivity contribution in [2.45, 2.75) is 0 Å². The van der Waals surface area contributed by atoms with Gasteiger partial charge in [-0.1, -0.05) is 18.7 Å². The molecule has 1 fully saturated rings. The minimum atomic E-state index is -0.919. The topological polar surface area (TPSA) is 53.0 Å². The number of nitrogens with zero attached hydrogens (tertiary/aromatic N) is 2. The Morgan fingerprint density at radius 3 is 2.55 bits per heavy atom. The van der Waals surface area contributed by atoms with Gasteiger partial charge in [0.05, 0.1) is 12.8 Å². The number of piperazine rings is 1. The van der Waals surface area contributed by atoms with Gasteiger partial charge in [0.25, 0.3) is 0 Å². The van der Waals surface area contributed by atoms with Crippen LogP contribution in [0.25, 0.3) is 0 Å². The van der Waals surface area contributed by atoms with Crippen molar-refractivity contribution in [1.29, 1.82) is 0 Å². The third-order valence-corrected chi connectivity index (χ3v) is 3.52. The molecule has 0 saturated carbocycles. The number of ether oxygens (including phenoxy) is 1. The van der Waals surface area contributed by atoms with Crippen molar-refractivity contribution >= 4 is 11.7 Å². The molecule has 108 valence electrons. The van der Waals surface area contributed by atoms with Crippen molar-refractivity contribution in [3.8, 4) is 5.75 Å². The van der Waals surface area contributed by atoms with E-state index in [1.54, 1.807) is 7.11 Å². The minimum Gasteiger partial charge on any atom is -0.495 e. The standard InChI is InChI=1S/C15H20N2O3/c1-12(15(18)19)11-16-7-9-17(10-8-16)13-5-3-4-6-14(13)20-2/h3-6H,1,7-11H2,2H3,(H,18,19). The summed E-state index contributed by atoms with van der Waals surface area (Å²) >= 11 is 0. The van der Waals surface area contributed by atoms with Gasteiger partial charge in [0.1, 0.15) is 5.75 Å². The summed E-state index contributed by atoms with van der Waals surface area (Å²) < 4.78 is 5.37. The summed E-state index contributed by atoms with van der Waals surface area (Å²) in [5, 5.41) is 8.86. The van der Waals surface area contributed by atoms with Crippen LogP contribution in [-0.2, 0) is 4.79 Å². The molecule has 0 bridgehead atoms. The van der Waals surface area contributed by atoms with Gasteiger partial charge in [0.15, 0.2) is 0 Å². The van der Waals surface area contributed by atoms with E-state index >= 15 is 0 Å². The van der Waals surface area contributed by atoms with E-state index in [1.165, 1.54) is 0 Å². The zero-order valence-electron chi connectivity index (χ0n) is 11.7. The first-order chi connectivity index (χ1) is 9.61. The fraction of sp³-hybridized carbons (Fsp3) is 0.400. The highest BCUT2D eigenvalue weighted by molar-refractivity contribution is 5.86. The third kappa shape index (κ3) is 3.30. The molecule has 5 nitrogen and oxygen atoms in total. The smallest absolute Gasteiger partial charge is 0.332 e. The molecule has 2 rings (SSSR count). The van der Waals surface area contributed by atoms with E-state index in [4.69, 9.17) is 9.84 Å². The van der Waals surface area contributed by atoms with Crippen LogP contribution in [0.4, 0.5) is 5.69 Å². The SMILES string of the molecule is C=C(CN1CCN(c2ccccc2OC)CC1)C(=O)O. The Morgan fingerprint density at radius 2 is 1.95 bits per heavy atom. The maximum atomic E-state index is 10.8. The average Bonchev–Trinajstić information content (AvgIpc) is 2.48. The molecule has 1 aliphatic heterocycles. The summed E-state index contributed by atoms with van der Waals surface area (Å²) in [6, 6.07) is 7.95. The molecule has 1 heterocycles. The number of carbonyl (C=O) groups is 1. The van der Waals surface area contributed by atoms with Crippen LogP contribution in [0.1, 0.15) is 0 Å². The maximum absolute atomic E-state index is 10.8. The fourth-order valence-electron chi connectivity index (χ4n) is 2.38. The molecule has 0 spiro atoms. The summed E-state index contributed by atoms with van der Waals surface area (Å²) in [4.78, 5) is 15.2. The lowest BCUT2D eigenvalue weighted by atomic mass is 10.2. The number of para-hydroxylation sites is 2. The normalized spacial score (nSPS) is 15.9. The summed E-state index contributed by atoms with van der Waals surface area (Å²) in [6.45, 7) is 7.36. The Kier molecular flexibility index (Phi) is 4.63. The van der Waals surface area contributed by atoms with Gasteiger partial charge in [0.2, 0.25) is 0 Å². The van der Waals surface area contributed by atoms with Crippen molar-refractivity contribution in [3.05, 3.63) is 36.4 Å². The molecule has 0 aliphatic carbocycles. The molecule has 0 radical (unpaired) electrons. The number of benzene rings is 1. The van der Waals surface area contributed by atoms with Crippen molar-refractivity contribution < 1.29 is 14.6 Å². The largest absolute Gasteiger partial charge is 0.495 e. The zero-order valence-corrected chi connectivity index (χ0v) is 11.7. The van der Waals surface area contributed by atoms with E-state index in [0.717, 1.165) is 37.6 Å². The lowest BCUT2D eigenvalue weighted by molar-refractivity contribution is -0.132. The summed E-state index contributed by atoms with van der Waals surface area (Å²) in [5.41, 5.74) is 1.34. The van der Waals surface area contributed by atoms with Gasteiger partial charge in [0, 0.05) is 38.3 Å².